The van der Waals surface area contributed by atoms with Gasteiger partial charge < -0.3 is 9.26 Å². The maximum atomic E-state index is 12.4. The van der Waals surface area contributed by atoms with Gasteiger partial charge in [-0.3, -0.25) is 4.79 Å². The summed E-state index contributed by atoms with van der Waals surface area (Å²) in [5.41, 5.74) is 7.06. The van der Waals surface area contributed by atoms with Crippen LogP contribution in [0.5, 0.6) is 0 Å². The monoisotopic (exact) mass is 491 g/mol. The van der Waals surface area contributed by atoms with Gasteiger partial charge in [0, 0.05) is 11.1 Å². The second-order valence-electron chi connectivity index (χ2n) is 9.92. The number of hydrogen-bond donors (Lipinski definition) is 0. The van der Waals surface area contributed by atoms with Crippen LogP contribution in [0.25, 0.3) is 28.5 Å². The van der Waals surface area contributed by atoms with Gasteiger partial charge in [-0.05, 0) is 61.3 Å². The number of aryl methyl sites for hydroxylation is 1. The molecule has 1 aliphatic rings. The van der Waals surface area contributed by atoms with Crippen LogP contribution in [-0.4, -0.2) is 17.7 Å². The first-order chi connectivity index (χ1) is 18.0. The third-order valence-corrected chi connectivity index (χ3v) is 7.39. The first kappa shape index (κ1) is 24.8. The molecule has 1 aliphatic carbocycles. The fourth-order valence-corrected chi connectivity index (χ4v) is 4.89. The number of rotatable bonds is 9. The molecule has 1 atom stereocenters. The molecular formula is C33H33NO3. The van der Waals surface area contributed by atoms with E-state index in [-0.39, 0.29) is 5.97 Å². The summed E-state index contributed by atoms with van der Waals surface area (Å²) >= 11 is 0. The number of benzene rings is 3. The molecule has 1 fully saturated rings. The van der Waals surface area contributed by atoms with Gasteiger partial charge in [0.05, 0.1) is 17.7 Å². The Bertz CT molecular complexity index is 1380. The average Bonchev–Trinajstić information content (AvgIpc) is 3.68. The molecule has 0 spiro atoms. The van der Waals surface area contributed by atoms with E-state index in [1.807, 2.05) is 13.8 Å². The van der Waals surface area contributed by atoms with Crippen LogP contribution in [0.3, 0.4) is 0 Å². The minimum Gasteiger partial charge on any atom is -0.465 e. The molecule has 1 aromatic heterocycles. The Balaban J connectivity index is 1.30. The van der Waals surface area contributed by atoms with Gasteiger partial charge in [0.2, 0.25) is 0 Å². The molecule has 4 aromatic rings. The van der Waals surface area contributed by atoms with Gasteiger partial charge in [-0.25, -0.2) is 0 Å². The van der Waals surface area contributed by atoms with Crippen LogP contribution in [0.2, 0.25) is 0 Å². The molecule has 0 aliphatic heterocycles. The Morgan fingerprint density at radius 3 is 2.22 bits per heavy atom. The molecule has 0 bridgehead atoms. The van der Waals surface area contributed by atoms with E-state index in [1.54, 1.807) is 0 Å². The van der Waals surface area contributed by atoms with E-state index in [4.69, 9.17) is 9.26 Å². The summed E-state index contributed by atoms with van der Waals surface area (Å²) in [6, 6.07) is 27.2. The topological polar surface area (TPSA) is 52.3 Å². The van der Waals surface area contributed by atoms with Crippen molar-refractivity contribution >= 4 is 12.0 Å². The fourth-order valence-electron chi connectivity index (χ4n) is 4.89. The van der Waals surface area contributed by atoms with Gasteiger partial charge in [-0.1, -0.05) is 103 Å². The van der Waals surface area contributed by atoms with Crippen LogP contribution in [0.15, 0.2) is 89.5 Å². The molecule has 37 heavy (non-hydrogen) atoms. The van der Waals surface area contributed by atoms with Crippen LogP contribution in [0.1, 0.15) is 61.4 Å². The molecule has 0 N–H and O–H groups in total. The molecular weight excluding hydrogens is 458 g/mol. The first-order valence-electron chi connectivity index (χ1n) is 13.1. The second-order valence-corrected chi connectivity index (χ2v) is 9.92. The Labute approximate surface area is 219 Å². The van der Waals surface area contributed by atoms with Crippen LogP contribution in [-0.2, 0) is 14.9 Å². The third-order valence-electron chi connectivity index (χ3n) is 7.39. The average molecular weight is 492 g/mol. The molecule has 188 valence electrons. The summed E-state index contributed by atoms with van der Waals surface area (Å²) in [5.74, 6) is 1.13. The summed E-state index contributed by atoms with van der Waals surface area (Å²) in [6.45, 7) is 6.49. The third kappa shape index (κ3) is 5.15. The Morgan fingerprint density at radius 1 is 0.973 bits per heavy atom. The predicted octanol–water partition coefficient (Wildman–Crippen LogP) is 8.12. The zero-order chi connectivity index (χ0) is 25.8. The summed E-state index contributed by atoms with van der Waals surface area (Å²) in [5, 5.41) is 4.23. The number of allylic oxidation sites excluding steroid dienone is 1. The molecule has 1 unspecified atom stereocenters. The lowest BCUT2D eigenvalue weighted by atomic mass is 9.93. The van der Waals surface area contributed by atoms with Gasteiger partial charge in [-0.15, -0.1) is 0 Å². The maximum absolute atomic E-state index is 12.4. The Hall–Kier alpha value is -3.92. The van der Waals surface area contributed by atoms with Crippen molar-refractivity contribution in [2.75, 3.05) is 6.61 Å². The zero-order valence-electron chi connectivity index (χ0n) is 21.7. The second kappa shape index (κ2) is 10.6. The molecule has 4 heteroatoms. The summed E-state index contributed by atoms with van der Waals surface area (Å²) in [6.07, 6.45) is 7.00. The number of esters is 1. The normalized spacial score (nSPS) is 15.0. The molecule has 0 saturated heterocycles. The van der Waals surface area contributed by atoms with Crippen molar-refractivity contribution in [3.63, 3.8) is 0 Å². The summed E-state index contributed by atoms with van der Waals surface area (Å²) in [4.78, 5) is 12.4. The lowest BCUT2D eigenvalue weighted by molar-refractivity contribution is -0.146. The van der Waals surface area contributed by atoms with Crippen molar-refractivity contribution in [3.8, 4) is 22.5 Å². The highest BCUT2D eigenvalue weighted by molar-refractivity contribution is 5.87. The van der Waals surface area contributed by atoms with Gasteiger partial charge in [0.1, 0.15) is 0 Å². The van der Waals surface area contributed by atoms with Crippen molar-refractivity contribution in [3.05, 3.63) is 107 Å². The number of aromatic nitrogens is 1. The molecule has 3 aromatic carbocycles. The molecule has 4 nitrogen and oxygen atoms in total. The Morgan fingerprint density at radius 2 is 1.59 bits per heavy atom. The summed E-state index contributed by atoms with van der Waals surface area (Å²) < 4.78 is 11.0. The minimum atomic E-state index is -0.439. The minimum absolute atomic E-state index is 0.103. The fraction of sp³-hybridized carbons (Fsp3) is 0.273. The van der Waals surface area contributed by atoms with Gasteiger partial charge in [0.15, 0.2) is 5.76 Å². The standard InChI is InChI=1S/C33H33NO3/c1-4-36-32(35)33(21-22-33)29-19-17-27(18-20-29)26-13-15-28(16-14-26)31-30(24(3)34-37-31)12-8-9-23(2)25-10-6-5-7-11-25/h5-8,10-20,23H,4,9,21-22H2,1-3H3/b12-8-. The highest BCUT2D eigenvalue weighted by atomic mass is 16.5. The smallest absolute Gasteiger partial charge is 0.316 e. The number of carbonyl (C=O) groups excluding carboxylic acids is 1. The van der Waals surface area contributed by atoms with Crippen LogP contribution in [0, 0.1) is 6.92 Å². The van der Waals surface area contributed by atoms with Crippen LogP contribution in [0.4, 0.5) is 0 Å². The number of nitrogens with zero attached hydrogens (tertiary/aromatic N) is 1. The largest absolute Gasteiger partial charge is 0.465 e. The first-order valence-corrected chi connectivity index (χ1v) is 13.1. The van der Waals surface area contributed by atoms with Crippen molar-refractivity contribution < 1.29 is 14.1 Å². The summed E-state index contributed by atoms with van der Waals surface area (Å²) in [7, 11) is 0. The number of carbonyl (C=O) groups is 1. The van der Waals surface area contributed by atoms with Gasteiger partial charge >= 0.3 is 5.97 Å². The lowest BCUT2D eigenvalue weighted by Gasteiger charge is -2.14. The highest BCUT2D eigenvalue weighted by Crippen LogP contribution is 2.49. The van der Waals surface area contributed by atoms with Crippen LogP contribution >= 0.6 is 0 Å². The van der Waals surface area contributed by atoms with E-state index < -0.39 is 5.41 Å². The van der Waals surface area contributed by atoms with E-state index in [2.05, 4.69) is 103 Å². The van der Waals surface area contributed by atoms with Gasteiger partial charge in [-0.2, -0.15) is 0 Å². The van der Waals surface area contributed by atoms with Crippen molar-refractivity contribution in [2.24, 2.45) is 0 Å². The predicted molar refractivity (Wildman–Crippen MR) is 148 cm³/mol. The van der Waals surface area contributed by atoms with Crippen LogP contribution < -0.4 is 0 Å². The molecule has 0 amide bonds. The van der Waals surface area contributed by atoms with Crippen molar-refractivity contribution in [1.82, 2.24) is 5.16 Å². The van der Waals surface area contributed by atoms with E-state index in [9.17, 15) is 4.79 Å². The molecule has 5 rings (SSSR count). The van der Waals surface area contributed by atoms with E-state index in [1.165, 1.54) is 5.56 Å². The lowest BCUT2D eigenvalue weighted by Crippen LogP contribution is -2.23. The molecule has 1 heterocycles. The number of ether oxygens (including phenoxy) is 1. The maximum Gasteiger partial charge on any atom is 0.316 e. The number of hydrogen-bond acceptors (Lipinski definition) is 4. The van der Waals surface area contributed by atoms with E-state index >= 15 is 0 Å². The quantitative estimate of drug-likeness (QED) is 0.222. The van der Waals surface area contributed by atoms with Crippen molar-refractivity contribution in [2.45, 2.75) is 51.4 Å². The zero-order valence-corrected chi connectivity index (χ0v) is 21.7. The van der Waals surface area contributed by atoms with E-state index in [0.29, 0.717) is 12.5 Å². The van der Waals surface area contributed by atoms with Crippen molar-refractivity contribution in [1.29, 1.82) is 0 Å². The molecule has 0 radical (unpaired) electrons. The Kier molecular flexibility index (Phi) is 7.09. The highest BCUT2D eigenvalue weighted by Gasteiger charge is 2.52. The van der Waals surface area contributed by atoms with E-state index in [0.717, 1.165) is 58.5 Å². The molecule has 1 saturated carbocycles. The van der Waals surface area contributed by atoms with Gasteiger partial charge in [0.25, 0.3) is 0 Å². The SMILES string of the molecule is CCOC(=O)C1(c2ccc(-c3ccc(-c4onc(C)c4/C=C\CC(C)c4ccccc4)cc3)cc2)CC1.